The van der Waals surface area contributed by atoms with E-state index in [2.05, 4.69) is 5.32 Å². The van der Waals surface area contributed by atoms with Crippen LogP contribution in [-0.2, 0) is 17.8 Å². The molecule has 4 rings (SSSR count). The van der Waals surface area contributed by atoms with Gasteiger partial charge in [-0.05, 0) is 73.2 Å². The molecule has 6 nitrogen and oxygen atoms in total. The van der Waals surface area contributed by atoms with E-state index in [9.17, 15) is 32.7 Å². The second kappa shape index (κ2) is 11.6. The van der Waals surface area contributed by atoms with Crippen LogP contribution in [0.3, 0.4) is 0 Å². The summed E-state index contributed by atoms with van der Waals surface area (Å²) in [5.41, 5.74) is 0.355. The lowest BCUT2D eigenvalue weighted by Gasteiger charge is -2.16. The number of carbonyl (C=O) groups excluding carboxylic acids is 2. The number of amides is 1. The number of halogens is 3. The number of benzene rings is 2. The van der Waals surface area contributed by atoms with Crippen molar-refractivity contribution in [2.45, 2.75) is 51.3 Å². The minimum Gasteiger partial charge on any atom is -0.391 e. The second-order valence-corrected chi connectivity index (χ2v) is 9.50. The van der Waals surface area contributed by atoms with Gasteiger partial charge >= 0.3 is 0 Å². The highest BCUT2D eigenvalue weighted by molar-refractivity contribution is 6.09. The van der Waals surface area contributed by atoms with Crippen LogP contribution in [0, 0.1) is 17.5 Å². The van der Waals surface area contributed by atoms with E-state index < -0.39 is 46.8 Å². The topological polar surface area (TPSA) is 88.4 Å². The van der Waals surface area contributed by atoms with Crippen molar-refractivity contribution < 1.29 is 27.9 Å². The lowest BCUT2D eigenvalue weighted by atomic mass is 10.0. The van der Waals surface area contributed by atoms with Crippen molar-refractivity contribution >= 4 is 11.7 Å². The molecule has 0 bridgehead atoms. The third-order valence-corrected chi connectivity index (χ3v) is 6.59. The van der Waals surface area contributed by atoms with Crippen LogP contribution in [0.2, 0.25) is 0 Å². The normalized spacial score (nSPS) is 17.4. The van der Waals surface area contributed by atoms with Crippen molar-refractivity contribution in [3.05, 3.63) is 116 Å². The minimum atomic E-state index is -0.768. The van der Waals surface area contributed by atoms with E-state index in [-0.39, 0.29) is 29.7 Å². The highest BCUT2D eigenvalue weighted by atomic mass is 19.1. The molecule has 198 valence electrons. The molecule has 0 saturated heterocycles. The van der Waals surface area contributed by atoms with Crippen LogP contribution in [0.4, 0.5) is 13.2 Å². The number of pyridine rings is 1. The summed E-state index contributed by atoms with van der Waals surface area (Å²) in [5.74, 6) is -3.19. The Bertz CT molecular complexity index is 1450. The van der Waals surface area contributed by atoms with E-state index in [4.69, 9.17) is 0 Å². The first-order valence-corrected chi connectivity index (χ1v) is 12.2. The monoisotopic (exact) mass is 524 g/mol. The Labute approximate surface area is 217 Å². The van der Waals surface area contributed by atoms with E-state index in [1.165, 1.54) is 54.1 Å². The number of aliphatic hydroxyl groups is 1. The Hall–Kier alpha value is -3.98. The molecule has 1 aliphatic rings. The van der Waals surface area contributed by atoms with E-state index in [0.717, 1.165) is 24.6 Å². The lowest BCUT2D eigenvalue weighted by Crippen LogP contribution is -2.40. The van der Waals surface area contributed by atoms with Crippen LogP contribution >= 0.6 is 0 Å². The number of hydrogen-bond donors (Lipinski definition) is 2. The zero-order valence-electron chi connectivity index (χ0n) is 20.7. The first kappa shape index (κ1) is 27.1. The number of allylic oxidation sites excluding steroid dienone is 1. The Kier molecular flexibility index (Phi) is 8.26. The van der Waals surface area contributed by atoms with Gasteiger partial charge in [0.15, 0.2) is 5.78 Å². The molecular weight excluding hydrogens is 497 g/mol. The molecule has 1 aromatic heterocycles. The summed E-state index contributed by atoms with van der Waals surface area (Å²) in [7, 11) is 0. The largest absolute Gasteiger partial charge is 0.391 e. The zero-order chi connectivity index (χ0) is 27.4. The summed E-state index contributed by atoms with van der Waals surface area (Å²) in [5, 5.41) is 12.7. The van der Waals surface area contributed by atoms with Crippen molar-refractivity contribution in [1.29, 1.82) is 0 Å². The van der Waals surface area contributed by atoms with Crippen molar-refractivity contribution in [3.63, 3.8) is 0 Å². The van der Waals surface area contributed by atoms with Crippen LogP contribution in [0.25, 0.3) is 0 Å². The molecule has 2 N–H and O–H groups in total. The standard InChI is InChI=1S/C29H27F3N2O4/c1-17(28(37)33-25-3-2-4-26(25)35)11-27(36)23-13-19(12-20-7-10-22(31)14-24(20)32)16-34(29(23)38)15-18-5-8-21(30)9-6-18/h5-11,13-14,16,25-26,35H,2-4,12,15H2,1H3,(H,33,37)/b17-11+/t25-,26-/m1/s1. The molecule has 1 amide bonds. The molecule has 9 heteroatoms. The maximum Gasteiger partial charge on any atom is 0.262 e. The summed E-state index contributed by atoms with van der Waals surface area (Å²) in [6, 6.07) is 9.58. The SMILES string of the molecule is C/C(=C\C(=O)c1cc(Cc2ccc(F)cc2F)cn(Cc2ccc(F)cc2)c1=O)C(=O)N[C@@H]1CCC[C@H]1O. The van der Waals surface area contributed by atoms with Crippen LogP contribution in [0.1, 0.15) is 53.2 Å². The zero-order valence-corrected chi connectivity index (χ0v) is 20.7. The van der Waals surface area contributed by atoms with Crippen molar-refractivity contribution in [2.75, 3.05) is 0 Å². The number of nitrogens with one attached hydrogen (secondary N) is 1. The van der Waals surface area contributed by atoms with Crippen molar-refractivity contribution in [1.82, 2.24) is 9.88 Å². The molecule has 38 heavy (non-hydrogen) atoms. The Balaban J connectivity index is 1.67. The molecule has 1 fully saturated rings. The van der Waals surface area contributed by atoms with Gasteiger partial charge in [0.25, 0.3) is 5.56 Å². The highest BCUT2D eigenvalue weighted by Crippen LogP contribution is 2.19. The van der Waals surface area contributed by atoms with E-state index in [1.54, 1.807) is 0 Å². The van der Waals surface area contributed by atoms with Crippen LogP contribution in [-0.4, -0.2) is 33.5 Å². The number of carbonyl (C=O) groups is 2. The van der Waals surface area contributed by atoms with Gasteiger partial charge in [-0.1, -0.05) is 18.2 Å². The smallest absolute Gasteiger partial charge is 0.262 e. The number of nitrogens with zero attached hydrogens (tertiary/aromatic N) is 1. The molecule has 1 saturated carbocycles. The van der Waals surface area contributed by atoms with Gasteiger partial charge in [0.2, 0.25) is 5.91 Å². The molecule has 1 aliphatic carbocycles. The average Bonchev–Trinajstić information content (AvgIpc) is 3.28. The van der Waals surface area contributed by atoms with Gasteiger partial charge in [-0.2, -0.15) is 0 Å². The molecule has 0 radical (unpaired) electrons. The molecule has 2 aromatic carbocycles. The number of aromatic nitrogens is 1. The Morgan fingerprint density at radius 2 is 1.74 bits per heavy atom. The predicted octanol–water partition coefficient (Wildman–Crippen LogP) is 4.06. The fourth-order valence-corrected chi connectivity index (χ4v) is 4.49. The molecule has 0 aliphatic heterocycles. The van der Waals surface area contributed by atoms with Gasteiger partial charge in [0.05, 0.1) is 24.3 Å². The summed E-state index contributed by atoms with van der Waals surface area (Å²) in [4.78, 5) is 39.0. The van der Waals surface area contributed by atoms with Gasteiger partial charge in [0, 0.05) is 24.3 Å². The fourth-order valence-electron chi connectivity index (χ4n) is 4.49. The van der Waals surface area contributed by atoms with Crippen LogP contribution in [0.15, 0.2) is 71.2 Å². The summed E-state index contributed by atoms with van der Waals surface area (Å²) >= 11 is 0. The predicted molar refractivity (Wildman–Crippen MR) is 135 cm³/mol. The van der Waals surface area contributed by atoms with Gasteiger partial charge in [0.1, 0.15) is 17.5 Å². The van der Waals surface area contributed by atoms with E-state index >= 15 is 0 Å². The maximum absolute atomic E-state index is 14.3. The van der Waals surface area contributed by atoms with Gasteiger partial charge in [-0.3, -0.25) is 14.4 Å². The minimum absolute atomic E-state index is 0.0158. The molecule has 1 heterocycles. The van der Waals surface area contributed by atoms with Gasteiger partial charge in [-0.15, -0.1) is 0 Å². The van der Waals surface area contributed by atoms with Gasteiger partial charge in [-0.25, -0.2) is 13.2 Å². The van der Waals surface area contributed by atoms with Gasteiger partial charge < -0.3 is 15.0 Å². The third-order valence-electron chi connectivity index (χ3n) is 6.59. The molecular formula is C29H27F3N2O4. The number of aliphatic hydroxyl groups excluding tert-OH is 1. The third kappa shape index (κ3) is 6.47. The molecule has 0 spiro atoms. The number of ketones is 1. The maximum atomic E-state index is 14.3. The molecule has 3 aromatic rings. The Morgan fingerprint density at radius 1 is 1.03 bits per heavy atom. The number of rotatable bonds is 8. The van der Waals surface area contributed by atoms with Crippen molar-refractivity contribution in [3.8, 4) is 0 Å². The first-order valence-electron chi connectivity index (χ1n) is 12.2. The summed E-state index contributed by atoms with van der Waals surface area (Å²) in [6.07, 6.45) is 3.84. The number of hydrogen-bond acceptors (Lipinski definition) is 4. The lowest BCUT2D eigenvalue weighted by molar-refractivity contribution is -0.118. The molecule has 0 unspecified atom stereocenters. The second-order valence-electron chi connectivity index (χ2n) is 9.50. The average molecular weight is 525 g/mol. The highest BCUT2D eigenvalue weighted by Gasteiger charge is 2.27. The van der Waals surface area contributed by atoms with E-state index in [1.807, 2.05) is 0 Å². The van der Waals surface area contributed by atoms with E-state index in [0.29, 0.717) is 24.0 Å². The van der Waals surface area contributed by atoms with Crippen molar-refractivity contribution in [2.24, 2.45) is 0 Å². The summed E-state index contributed by atoms with van der Waals surface area (Å²) < 4.78 is 42.3. The first-order chi connectivity index (χ1) is 18.1. The Morgan fingerprint density at radius 3 is 2.39 bits per heavy atom. The van der Waals surface area contributed by atoms with Crippen LogP contribution in [0.5, 0.6) is 0 Å². The molecule has 2 atom stereocenters. The fraction of sp³-hybridized carbons (Fsp3) is 0.276. The quantitative estimate of drug-likeness (QED) is 0.344. The van der Waals surface area contributed by atoms with Crippen LogP contribution < -0.4 is 10.9 Å². The summed E-state index contributed by atoms with van der Waals surface area (Å²) in [6.45, 7) is 1.45.